The van der Waals surface area contributed by atoms with Gasteiger partial charge in [0.1, 0.15) is 0 Å². The molecule has 0 N–H and O–H groups in total. The van der Waals surface area contributed by atoms with Gasteiger partial charge in [0.15, 0.2) is 5.78 Å². The Morgan fingerprint density at radius 3 is 2.39 bits per heavy atom. The van der Waals surface area contributed by atoms with Crippen LogP contribution in [0.1, 0.15) is 17.1 Å². The summed E-state index contributed by atoms with van der Waals surface area (Å²) in [7, 11) is 1.58. The number of methoxy groups -OCH3 is 1. The van der Waals surface area contributed by atoms with Crippen LogP contribution in [-0.2, 0) is 17.8 Å². The maximum absolute atomic E-state index is 12.6. The van der Waals surface area contributed by atoms with Gasteiger partial charge in [-0.05, 0) is 43.7 Å². The Morgan fingerprint density at radius 2 is 1.74 bits per heavy atom. The fourth-order valence-corrected chi connectivity index (χ4v) is 3.41. The summed E-state index contributed by atoms with van der Waals surface area (Å²) < 4.78 is 6.78. The number of rotatable bonds is 7. The van der Waals surface area contributed by atoms with Gasteiger partial charge in [-0.25, -0.2) is 4.98 Å². The Bertz CT molecular complexity index is 1200. The SMILES string of the molecule is COc1ccc(-c2ccc(CC(=O)Cn3cc(-c4ccnc(C)c4)c(C)n3)nc2)cn1. The number of nitrogens with zero attached hydrogens (tertiary/aromatic N) is 5. The second kappa shape index (κ2) is 8.87. The van der Waals surface area contributed by atoms with E-state index in [-0.39, 0.29) is 18.7 Å². The van der Waals surface area contributed by atoms with Crippen molar-refractivity contribution < 1.29 is 9.53 Å². The molecule has 7 heteroatoms. The number of Topliss-reactive ketones (excluding diaryl/α,β-unsaturated/α-hetero) is 1. The lowest BCUT2D eigenvalue weighted by atomic mass is 10.1. The highest BCUT2D eigenvalue weighted by Gasteiger charge is 2.12. The highest BCUT2D eigenvalue weighted by molar-refractivity contribution is 5.80. The van der Waals surface area contributed by atoms with Crippen LogP contribution in [0, 0.1) is 13.8 Å². The van der Waals surface area contributed by atoms with Crippen LogP contribution in [0.15, 0.2) is 61.2 Å². The van der Waals surface area contributed by atoms with Crippen molar-refractivity contribution in [1.29, 1.82) is 0 Å². The van der Waals surface area contributed by atoms with Gasteiger partial charge in [-0.1, -0.05) is 6.07 Å². The van der Waals surface area contributed by atoms with Crippen molar-refractivity contribution in [2.24, 2.45) is 0 Å². The van der Waals surface area contributed by atoms with E-state index in [0.29, 0.717) is 5.88 Å². The summed E-state index contributed by atoms with van der Waals surface area (Å²) in [4.78, 5) is 25.5. The third-order valence-corrected chi connectivity index (χ3v) is 4.97. The lowest BCUT2D eigenvalue weighted by Gasteiger charge is -2.05. The summed E-state index contributed by atoms with van der Waals surface area (Å²) in [6.07, 6.45) is 7.44. The van der Waals surface area contributed by atoms with Gasteiger partial charge in [-0.3, -0.25) is 19.4 Å². The molecule has 31 heavy (non-hydrogen) atoms. The Hall–Kier alpha value is -3.87. The van der Waals surface area contributed by atoms with Crippen molar-refractivity contribution >= 4 is 5.78 Å². The molecule has 4 aromatic rings. The number of aromatic nitrogens is 5. The van der Waals surface area contributed by atoms with E-state index in [1.165, 1.54) is 0 Å². The van der Waals surface area contributed by atoms with Crippen LogP contribution in [0.2, 0.25) is 0 Å². The van der Waals surface area contributed by atoms with E-state index < -0.39 is 0 Å². The minimum atomic E-state index is 0.0475. The molecule has 7 nitrogen and oxygen atoms in total. The molecule has 0 saturated heterocycles. The molecule has 0 aliphatic rings. The van der Waals surface area contributed by atoms with E-state index in [9.17, 15) is 4.79 Å². The van der Waals surface area contributed by atoms with E-state index in [0.717, 1.165) is 39.3 Å². The van der Waals surface area contributed by atoms with Crippen LogP contribution >= 0.6 is 0 Å². The zero-order valence-corrected chi connectivity index (χ0v) is 17.7. The lowest BCUT2D eigenvalue weighted by Crippen LogP contribution is -2.13. The van der Waals surface area contributed by atoms with Crippen LogP contribution in [0.4, 0.5) is 0 Å². The molecule has 4 rings (SSSR count). The van der Waals surface area contributed by atoms with Gasteiger partial charge >= 0.3 is 0 Å². The molecular weight excluding hydrogens is 390 g/mol. The number of carbonyl (C=O) groups excluding carboxylic acids is 1. The lowest BCUT2D eigenvalue weighted by molar-refractivity contribution is -0.119. The van der Waals surface area contributed by atoms with E-state index in [1.54, 1.807) is 36.4 Å². The number of ketones is 1. The predicted molar refractivity (Wildman–Crippen MR) is 118 cm³/mol. The van der Waals surface area contributed by atoms with E-state index >= 15 is 0 Å². The fraction of sp³-hybridized carbons (Fsp3) is 0.208. The molecule has 0 atom stereocenters. The molecule has 156 valence electrons. The summed E-state index contributed by atoms with van der Waals surface area (Å²) in [5, 5.41) is 4.50. The standard InChI is InChI=1S/C24H23N5O2/c1-16-10-18(8-9-25-16)23-15-29(28-17(23)2)14-22(30)11-21-6-4-19(12-26-21)20-5-7-24(31-3)27-13-20/h4-10,12-13,15H,11,14H2,1-3H3. The summed E-state index contributed by atoms with van der Waals surface area (Å²) in [6, 6.07) is 11.5. The van der Waals surface area contributed by atoms with Crippen molar-refractivity contribution in [1.82, 2.24) is 24.7 Å². The minimum Gasteiger partial charge on any atom is -0.481 e. The zero-order chi connectivity index (χ0) is 21.8. The monoisotopic (exact) mass is 413 g/mol. The minimum absolute atomic E-state index is 0.0475. The number of aryl methyl sites for hydroxylation is 2. The van der Waals surface area contributed by atoms with Gasteiger partial charge in [0.25, 0.3) is 0 Å². The Balaban J connectivity index is 1.41. The molecule has 0 fully saturated rings. The van der Waals surface area contributed by atoms with E-state index in [1.807, 2.05) is 50.4 Å². The van der Waals surface area contributed by atoms with Gasteiger partial charge in [-0.15, -0.1) is 0 Å². The summed E-state index contributed by atoms with van der Waals surface area (Å²) in [5.74, 6) is 0.612. The molecule has 0 saturated carbocycles. The quantitative estimate of drug-likeness (QED) is 0.458. The first kappa shape index (κ1) is 20.4. The number of hydrogen-bond acceptors (Lipinski definition) is 6. The van der Waals surface area contributed by atoms with Crippen LogP contribution in [0.5, 0.6) is 5.88 Å². The summed E-state index contributed by atoms with van der Waals surface area (Å²) in [6.45, 7) is 4.10. The Morgan fingerprint density at radius 1 is 0.968 bits per heavy atom. The van der Waals surface area contributed by atoms with Crippen LogP contribution in [0.3, 0.4) is 0 Å². The third-order valence-electron chi connectivity index (χ3n) is 4.97. The topological polar surface area (TPSA) is 82.8 Å². The maximum atomic E-state index is 12.6. The van der Waals surface area contributed by atoms with Crippen molar-refractivity contribution in [3.8, 4) is 28.1 Å². The number of hydrogen-bond donors (Lipinski definition) is 0. The third kappa shape index (κ3) is 4.83. The molecule has 0 radical (unpaired) electrons. The molecule has 0 aliphatic heterocycles. The summed E-state index contributed by atoms with van der Waals surface area (Å²) in [5.41, 5.74) is 6.49. The molecule has 0 aliphatic carbocycles. The first-order chi connectivity index (χ1) is 15.0. The molecule has 0 amide bonds. The molecule has 0 spiro atoms. The fourth-order valence-electron chi connectivity index (χ4n) is 3.41. The van der Waals surface area contributed by atoms with Gasteiger partial charge in [-0.2, -0.15) is 5.10 Å². The highest BCUT2D eigenvalue weighted by atomic mass is 16.5. The van der Waals surface area contributed by atoms with Crippen LogP contribution < -0.4 is 4.74 Å². The normalized spacial score (nSPS) is 10.8. The molecule has 0 aromatic carbocycles. The van der Waals surface area contributed by atoms with Crippen molar-refractivity contribution in [2.75, 3.05) is 7.11 Å². The van der Waals surface area contributed by atoms with Crippen LogP contribution in [-0.4, -0.2) is 37.6 Å². The smallest absolute Gasteiger partial charge is 0.212 e. The largest absolute Gasteiger partial charge is 0.481 e. The Kier molecular flexibility index (Phi) is 5.84. The predicted octanol–water partition coefficient (Wildman–Crippen LogP) is 3.84. The number of pyridine rings is 3. The van der Waals surface area contributed by atoms with Gasteiger partial charge in [0.05, 0.1) is 25.8 Å². The zero-order valence-electron chi connectivity index (χ0n) is 17.7. The summed E-state index contributed by atoms with van der Waals surface area (Å²) >= 11 is 0. The van der Waals surface area contributed by atoms with E-state index in [2.05, 4.69) is 20.1 Å². The number of ether oxygens (including phenoxy) is 1. The van der Waals surface area contributed by atoms with Gasteiger partial charge in [0, 0.05) is 58.9 Å². The molecule has 0 bridgehead atoms. The Labute approximate surface area is 180 Å². The van der Waals surface area contributed by atoms with Crippen LogP contribution in [0.25, 0.3) is 22.3 Å². The first-order valence-corrected chi connectivity index (χ1v) is 9.96. The average Bonchev–Trinajstić information content (AvgIpc) is 3.14. The first-order valence-electron chi connectivity index (χ1n) is 9.96. The molecule has 4 aromatic heterocycles. The maximum Gasteiger partial charge on any atom is 0.212 e. The van der Waals surface area contributed by atoms with Crippen molar-refractivity contribution in [3.63, 3.8) is 0 Å². The van der Waals surface area contributed by atoms with Crippen molar-refractivity contribution in [3.05, 3.63) is 78.3 Å². The molecule has 4 heterocycles. The van der Waals surface area contributed by atoms with Gasteiger partial charge < -0.3 is 4.74 Å². The molecular formula is C24H23N5O2. The van der Waals surface area contributed by atoms with E-state index in [4.69, 9.17) is 4.74 Å². The average molecular weight is 413 g/mol. The van der Waals surface area contributed by atoms with Gasteiger partial charge in [0.2, 0.25) is 5.88 Å². The second-order valence-corrected chi connectivity index (χ2v) is 7.35. The van der Waals surface area contributed by atoms with Crippen molar-refractivity contribution in [2.45, 2.75) is 26.8 Å². The second-order valence-electron chi connectivity index (χ2n) is 7.35. The molecule has 0 unspecified atom stereocenters. The highest BCUT2D eigenvalue weighted by Crippen LogP contribution is 2.23. The number of carbonyl (C=O) groups is 1.